The summed E-state index contributed by atoms with van der Waals surface area (Å²) in [5.74, 6) is 0.0338. The Balaban J connectivity index is 1.16. The summed E-state index contributed by atoms with van der Waals surface area (Å²) in [4.78, 5) is 29.0. The zero-order valence-electron chi connectivity index (χ0n) is 22.1. The van der Waals surface area contributed by atoms with Crippen molar-refractivity contribution < 1.29 is 36.1 Å². The molecule has 2 fully saturated rings. The third-order valence-electron chi connectivity index (χ3n) is 7.36. The third-order valence-corrected chi connectivity index (χ3v) is 8.70. The number of thioether (sulfide) groups is 1. The molecule has 2 aliphatic heterocycles. The van der Waals surface area contributed by atoms with E-state index in [4.69, 9.17) is 0 Å². The quantitative estimate of drug-likeness (QED) is 0.200. The van der Waals surface area contributed by atoms with E-state index in [9.17, 15) is 41.3 Å². The summed E-state index contributed by atoms with van der Waals surface area (Å²) >= 11 is 1.24. The molecule has 224 valence electrons. The highest BCUT2D eigenvalue weighted by Gasteiger charge is 2.38. The lowest BCUT2D eigenvalue weighted by molar-refractivity contribution is -0.388. The first kappa shape index (κ1) is 30.9. The van der Waals surface area contributed by atoms with Crippen molar-refractivity contribution in [3.63, 3.8) is 0 Å². The molecule has 0 N–H and O–H groups in total. The molecule has 7 nitrogen and oxygen atoms in total. The van der Waals surface area contributed by atoms with Crippen LogP contribution in [-0.2, 0) is 17.1 Å². The summed E-state index contributed by atoms with van der Waals surface area (Å²) in [6.45, 7) is 4.60. The summed E-state index contributed by atoms with van der Waals surface area (Å²) in [5, 5.41) is 11.0. The molecule has 2 aliphatic rings. The van der Waals surface area contributed by atoms with E-state index in [1.807, 2.05) is 4.90 Å². The molecular formula is C27H30F6N4O3S. The van der Waals surface area contributed by atoms with Gasteiger partial charge >= 0.3 is 12.4 Å². The fraction of sp³-hybridized carbons (Fsp3) is 0.519. The monoisotopic (exact) mass is 604 g/mol. The smallest absolute Gasteiger partial charge is 0.369 e. The average Bonchev–Trinajstić information content (AvgIpc) is 2.93. The lowest BCUT2D eigenvalue weighted by atomic mass is 10.1. The molecular weight excluding hydrogens is 574 g/mol. The molecule has 4 rings (SSSR count). The van der Waals surface area contributed by atoms with Gasteiger partial charge in [0.1, 0.15) is 5.56 Å². The van der Waals surface area contributed by atoms with Crippen LogP contribution in [0.25, 0.3) is 0 Å². The van der Waals surface area contributed by atoms with Crippen LogP contribution in [0, 0.1) is 10.1 Å². The topological polar surface area (TPSA) is 69.9 Å². The molecule has 41 heavy (non-hydrogen) atoms. The van der Waals surface area contributed by atoms with Gasteiger partial charge in [-0.3, -0.25) is 19.8 Å². The van der Waals surface area contributed by atoms with Crippen molar-refractivity contribution in [1.29, 1.82) is 0 Å². The molecule has 14 heteroatoms. The van der Waals surface area contributed by atoms with Crippen LogP contribution >= 0.6 is 11.8 Å². The zero-order valence-corrected chi connectivity index (χ0v) is 22.9. The van der Waals surface area contributed by atoms with Gasteiger partial charge in [-0.1, -0.05) is 0 Å². The van der Waals surface area contributed by atoms with E-state index in [0.717, 1.165) is 49.6 Å². The van der Waals surface area contributed by atoms with E-state index in [1.165, 1.54) is 30.0 Å². The van der Waals surface area contributed by atoms with Crippen LogP contribution in [-0.4, -0.2) is 71.7 Å². The first-order chi connectivity index (χ1) is 19.3. The molecule has 0 bridgehead atoms. The molecule has 0 atom stereocenters. The van der Waals surface area contributed by atoms with Crippen molar-refractivity contribution >= 4 is 29.0 Å². The number of piperidine rings is 1. The van der Waals surface area contributed by atoms with Crippen LogP contribution in [0.2, 0.25) is 0 Å². The maximum Gasteiger partial charge on any atom is 0.423 e. The SMILES string of the molecule is O=C(CCCN1CCN(c2ccc(C(F)(F)F)cc2)CC1)N1CCC(Sc2ccc([N+](=O)[O-])c(C(F)(F)F)c2)CC1. The predicted molar refractivity (Wildman–Crippen MR) is 143 cm³/mol. The number of benzene rings is 2. The first-order valence-electron chi connectivity index (χ1n) is 13.3. The molecule has 0 spiro atoms. The minimum atomic E-state index is -4.82. The Morgan fingerprint density at radius 1 is 0.902 bits per heavy atom. The number of piperazine rings is 1. The van der Waals surface area contributed by atoms with E-state index in [-0.39, 0.29) is 11.2 Å². The second-order valence-electron chi connectivity index (χ2n) is 10.1. The molecule has 2 aromatic rings. The van der Waals surface area contributed by atoms with Crippen LogP contribution in [0.4, 0.5) is 37.7 Å². The number of alkyl halides is 6. The van der Waals surface area contributed by atoms with E-state index >= 15 is 0 Å². The fourth-order valence-corrected chi connectivity index (χ4v) is 6.26. The molecule has 2 aromatic carbocycles. The molecule has 2 saturated heterocycles. The van der Waals surface area contributed by atoms with Crippen molar-refractivity contribution in [1.82, 2.24) is 9.80 Å². The largest absolute Gasteiger partial charge is 0.423 e. The molecule has 0 unspecified atom stereocenters. The van der Waals surface area contributed by atoms with Crippen LogP contribution in [0.15, 0.2) is 47.4 Å². The van der Waals surface area contributed by atoms with Gasteiger partial charge in [0, 0.05) is 67.6 Å². The van der Waals surface area contributed by atoms with E-state index in [2.05, 4.69) is 4.90 Å². The molecule has 0 aliphatic carbocycles. The second kappa shape index (κ2) is 12.9. The zero-order chi connectivity index (χ0) is 29.8. The number of anilines is 1. The van der Waals surface area contributed by atoms with Crippen LogP contribution in [0.5, 0.6) is 0 Å². The average molecular weight is 605 g/mol. The number of likely N-dealkylation sites (tertiary alicyclic amines) is 1. The fourth-order valence-electron chi connectivity index (χ4n) is 5.09. The number of hydrogen-bond donors (Lipinski definition) is 0. The normalized spacial score (nSPS) is 17.6. The number of rotatable bonds is 8. The molecule has 0 saturated carbocycles. The number of carbonyl (C=O) groups excluding carboxylic acids is 1. The maximum absolute atomic E-state index is 13.3. The van der Waals surface area contributed by atoms with Gasteiger partial charge in [-0.15, -0.1) is 11.8 Å². The van der Waals surface area contributed by atoms with Crippen molar-refractivity contribution in [3.05, 3.63) is 63.7 Å². The number of carbonyl (C=O) groups is 1. The number of nitrogens with zero attached hydrogens (tertiary/aromatic N) is 4. The highest BCUT2D eigenvalue weighted by molar-refractivity contribution is 8.00. The Bertz CT molecular complexity index is 1210. The molecule has 0 aromatic heterocycles. The number of halogens is 6. The standard InChI is InChI=1S/C27H30F6N4O3S/c28-26(29,30)19-3-5-20(6-4-19)35-16-14-34(15-17-35)11-1-2-25(38)36-12-9-21(10-13-36)41-22-7-8-24(37(39)40)23(18-22)27(31,32)33/h3-8,18,21H,1-2,9-17H2. The number of amides is 1. The van der Waals surface area contributed by atoms with Gasteiger partial charge in [-0.2, -0.15) is 26.3 Å². The first-order valence-corrected chi connectivity index (χ1v) is 14.1. The minimum absolute atomic E-state index is 0.00236. The Labute approximate surface area is 237 Å². The molecule has 0 radical (unpaired) electrons. The van der Waals surface area contributed by atoms with Crippen molar-refractivity contribution in [2.24, 2.45) is 0 Å². The Hall–Kier alpha value is -3.00. The van der Waals surface area contributed by atoms with Crippen molar-refractivity contribution in [2.75, 3.05) is 50.7 Å². The van der Waals surface area contributed by atoms with Crippen LogP contribution in [0.3, 0.4) is 0 Å². The summed E-state index contributed by atoms with van der Waals surface area (Å²) in [6, 6.07) is 8.21. The van der Waals surface area contributed by atoms with Gasteiger partial charge in [0.25, 0.3) is 5.69 Å². The summed E-state index contributed by atoms with van der Waals surface area (Å²) in [6.07, 6.45) is -6.90. The lowest BCUT2D eigenvalue weighted by Crippen LogP contribution is -2.47. The van der Waals surface area contributed by atoms with Gasteiger partial charge < -0.3 is 9.80 Å². The number of nitro groups is 1. The highest BCUT2D eigenvalue weighted by Crippen LogP contribution is 2.40. The molecule has 1 amide bonds. The van der Waals surface area contributed by atoms with Crippen LogP contribution < -0.4 is 4.90 Å². The van der Waals surface area contributed by atoms with E-state index < -0.39 is 34.1 Å². The lowest BCUT2D eigenvalue weighted by Gasteiger charge is -2.36. The summed E-state index contributed by atoms with van der Waals surface area (Å²) in [5.41, 5.74) is -2.15. The van der Waals surface area contributed by atoms with Gasteiger partial charge in [0.2, 0.25) is 5.91 Å². The number of hydrogen-bond acceptors (Lipinski definition) is 6. The van der Waals surface area contributed by atoms with Crippen molar-refractivity contribution in [2.45, 2.75) is 48.2 Å². The summed E-state index contributed by atoms with van der Waals surface area (Å²) in [7, 11) is 0. The third kappa shape index (κ3) is 8.28. The maximum atomic E-state index is 13.3. The number of nitro benzene ring substituents is 1. The van der Waals surface area contributed by atoms with Gasteiger partial charge in [0.15, 0.2) is 0 Å². The highest BCUT2D eigenvalue weighted by atomic mass is 32.2. The van der Waals surface area contributed by atoms with Gasteiger partial charge in [-0.05, 0) is 62.2 Å². The Morgan fingerprint density at radius 2 is 1.54 bits per heavy atom. The van der Waals surface area contributed by atoms with E-state index in [0.29, 0.717) is 56.8 Å². The second-order valence-corrected chi connectivity index (χ2v) is 11.5. The Kier molecular flexibility index (Phi) is 9.73. The summed E-state index contributed by atoms with van der Waals surface area (Å²) < 4.78 is 78.2. The van der Waals surface area contributed by atoms with Crippen LogP contribution in [0.1, 0.15) is 36.8 Å². The minimum Gasteiger partial charge on any atom is -0.369 e. The van der Waals surface area contributed by atoms with Gasteiger partial charge in [0.05, 0.1) is 10.5 Å². The Morgan fingerprint density at radius 3 is 2.10 bits per heavy atom. The molecule has 2 heterocycles. The van der Waals surface area contributed by atoms with Gasteiger partial charge in [-0.25, -0.2) is 0 Å². The van der Waals surface area contributed by atoms with E-state index in [1.54, 1.807) is 4.90 Å². The van der Waals surface area contributed by atoms with Crippen molar-refractivity contribution in [3.8, 4) is 0 Å². The predicted octanol–water partition coefficient (Wildman–Crippen LogP) is 6.32.